The standard InChI is InChI=1S/C27H36N6O/c1-17(2)28-22-11-10-18(3)15-21(22)27(34)32-14-7-6-9-24(32)23-16-25-29-20(5)19(4)26(33(25)30-23)31-12-8-13-31/h10-11,15-17,24,28H,6-9,12-14H2,1-5H3. The third-order valence-electron chi connectivity index (χ3n) is 7.18. The summed E-state index contributed by atoms with van der Waals surface area (Å²) in [5, 5.41) is 8.52. The van der Waals surface area contributed by atoms with Crippen molar-refractivity contribution in [2.75, 3.05) is 29.9 Å². The third kappa shape index (κ3) is 4.01. The van der Waals surface area contributed by atoms with E-state index in [1.807, 2.05) is 28.5 Å². The van der Waals surface area contributed by atoms with Gasteiger partial charge in [-0.2, -0.15) is 9.61 Å². The fourth-order valence-electron chi connectivity index (χ4n) is 5.17. The van der Waals surface area contributed by atoms with E-state index in [9.17, 15) is 4.79 Å². The monoisotopic (exact) mass is 460 g/mol. The summed E-state index contributed by atoms with van der Waals surface area (Å²) in [6.45, 7) is 13.3. The van der Waals surface area contributed by atoms with Crippen LogP contribution in [0.25, 0.3) is 5.65 Å². The molecule has 1 unspecified atom stereocenters. The Morgan fingerprint density at radius 2 is 1.85 bits per heavy atom. The van der Waals surface area contributed by atoms with Crippen LogP contribution in [0.2, 0.25) is 0 Å². The van der Waals surface area contributed by atoms with Crippen LogP contribution in [0, 0.1) is 20.8 Å². The Bertz CT molecular complexity index is 1230. The third-order valence-corrected chi connectivity index (χ3v) is 7.18. The molecule has 1 N–H and O–H groups in total. The van der Waals surface area contributed by atoms with Crippen molar-refractivity contribution in [1.29, 1.82) is 0 Å². The first-order chi connectivity index (χ1) is 16.3. The smallest absolute Gasteiger partial charge is 0.256 e. The zero-order valence-electron chi connectivity index (χ0n) is 21.1. The molecule has 0 radical (unpaired) electrons. The summed E-state index contributed by atoms with van der Waals surface area (Å²) in [6.07, 6.45) is 4.25. The molecule has 0 spiro atoms. The number of piperidine rings is 1. The second-order valence-electron chi connectivity index (χ2n) is 10.2. The van der Waals surface area contributed by atoms with E-state index in [2.05, 4.69) is 50.0 Å². The largest absolute Gasteiger partial charge is 0.382 e. The van der Waals surface area contributed by atoms with Crippen molar-refractivity contribution in [3.63, 3.8) is 0 Å². The Balaban J connectivity index is 1.54. The van der Waals surface area contributed by atoms with Crippen LogP contribution in [0.3, 0.4) is 0 Å². The van der Waals surface area contributed by atoms with Crippen molar-refractivity contribution in [3.8, 4) is 0 Å². The minimum absolute atomic E-state index is 0.0415. The van der Waals surface area contributed by atoms with Crippen molar-refractivity contribution in [3.05, 3.63) is 52.3 Å². The number of aryl methyl sites for hydroxylation is 2. The van der Waals surface area contributed by atoms with Crippen molar-refractivity contribution in [2.45, 2.75) is 72.4 Å². The van der Waals surface area contributed by atoms with E-state index in [4.69, 9.17) is 10.1 Å². The number of carbonyl (C=O) groups excluding carboxylic acids is 1. The van der Waals surface area contributed by atoms with Gasteiger partial charge in [-0.15, -0.1) is 0 Å². The normalized spacial score (nSPS) is 18.5. The number of nitrogens with one attached hydrogen (secondary N) is 1. The van der Waals surface area contributed by atoms with Crippen LogP contribution in [0.4, 0.5) is 11.5 Å². The molecule has 180 valence electrons. The molecule has 5 rings (SSSR count). The van der Waals surface area contributed by atoms with E-state index in [0.717, 1.165) is 78.6 Å². The van der Waals surface area contributed by atoms with E-state index < -0.39 is 0 Å². The molecule has 1 aromatic carbocycles. The maximum Gasteiger partial charge on any atom is 0.256 e. The number of aromatic nitrogens is 3. The van der Waals surface area contributed by atoms with E-state index in [-0.39, 0.29) is 18.0 Å². The molecule has 7 nitrogen and oxygen atoms in total. The molecule has 2 aromatic heterocycles. The van der Waals surface area contributed by atoms with Gasteiger partial charge in [0.25, 0.3) is 5.91 Å². The highest BCUT2D eigenvalue weighted by Gasteiger charge is 2.33. The molecule has 2 aliphatic heterocycles. The average molecular weight is 461 g/mol. The second-order valence-corrected chi connectivity index (χ2v) is 10.2. The van der Waals surface area contributed by atoms with Gasteiger partial charge in [-0.1, -0.05) is 11.6 Å². The van der Waals surface area contributed by atoms with Gasteiger partial charge in [0.2, 0.25) is 0 Å². The highest BCUT2D eigenvalue weighted by atomic mass is 16.2. The zero-order valence-corrected chi connectivity index (χ0v) is 21.1. The number of carbonyl (C=O) groups is 1. The van der Waals surface area contributed by atoms with Gasteiger partial charge in [0, 0.05) is 48.7 Å². The Kier molecular flexibility index (Phi) is 5.96. The van der Waals surface area contributed by atoms with Crippen LogP contribution in [0.15, 0.2) is 24.3 Å². The minimum atomic E-state index is -0.0415. The lowest BCUT2D eigenvalue weighted by molar-refractivity contribution is 0.0606. The van der Waals surface area contributed by atoms with Crippen LogP contribution in [0.1, 0.15) is 78.4 Å². The predicted molar refractivity (Wildman–Crippen MR) is 137 cm³/mol. The molecule has 3 aromatic rings. The fourth-order valence-corrected chi connectivity index (χ4v) is 5.17. The predicted octanol–water partition coefficient (Wildman–Crippen LogP) is 5.05. The van der Waals surface area contributed by atoms with Gasteiger partial charge in [0.05, 0.1) is 17.3 Å². The average Bonchev–Trinajstić information content (AvgIpc) is 3.19. The highest BCUT2D eigenvalue weighted by Crippen LogP contribution is 2.35. The van der Waals surface area contributed by atoms with Gasteiger partial charge in [-0.3, -0.25) is 4.79 Å². The highest BCUT2D eigenvalue weighted by molar-refractivity contribution is 6.00. The van der Waals surface area contributed by atoms with E-state index in [1.165, 1.54) is 12.0 Å². The van der Waals surface area contributed by atoms with Crippen LogP contribution in [-0.2, 0) is 0 Å². The molecule has 2 aliphatic rings. The van der Waals surface area contributed by atoms with Crippen LogP contribution in [-0.4, -0.2) is 51.1 Å². The summed E-state index contributed by atoms with van der Waals surface area (Å²) in [5.74, 6) is 1.23. The second kappa shape index (κ2) is 8.93. The van der Waals surface area contributed by atoms with Gasteiger partial charge >= 0.3 is 0 Å². The van der Waals surface area contributed by atoms with Crippen molar-refractivity contribution < 1.29 is 4.79 Å². The Labute approximate surface area is 202 Å². The number of amides is 1. The zero-order chi connectivity index (χ0) is 24.0. The molecule has 2 saturated heterocycles. The molecule has 1 amide bonds. The van der Waals surface area contributed by atoms with Crippen molar-refractivity contribution in [2.24, 2.45) is 0 Å². The molecule has 0 saturated carbocycles. The molecule has 0 aliphatic carbocycles. The first kappa shape index (κ1) is 22.7. The number of benzene rings is 1. The SMILES string of the molecule is Cc1ccc(NC(C)C)c(C(=O)N2CCCCC2c2cc3nc(C)c(C)c(N4CCC4)n3n2)c1. The quantitative estimate of drug-likeness (QED) is 0.577. The Morgan fingerprint density at radius 3 is 2.56 bits per heavy atom. The van der Waals surface area contributed by atoms with Crippen molar-refractivity contribution in [1.82, 2.24) is 19.5 Å². The lowest BCUT2D eigenvalue weighted by Crippen LogP contribution is -2.40. The van der Waals surface area contributed by atoms with Crippen LogP contribution < -0.4 is 10.2 Å². The molecule has 0 bridgehead atoms. The first-order valence-corrected chi connectivity index (χ1v) is 12.6. The summed E-state index contributed by atoms with van der Waals surface area (Å²) in [5.41, 5.74) is 6.78. The van der Waals surface area contributed by atoms with Crippen LogP contribution >= 0.6 is 0 Å². The Morgan fingerprint density at radius 1 is 1.06 bits per heavy atom. The number of nitrogens with zero attached hydrogens (tertiary/aromatic N) is 5. The first-order valence-electron chi connectivity index (χ1n) is 12.6. The maximum absolute atomic E-state index is 13.9. The number of anilines is 2. The van der Waals surface area contributed by atoms with Crippen molar-refractivity contribution >= 4 is 23.1 Å². The molecule has 2 fully saturated rings. The summed E-state index contributed by atoms with van der Waals surface area (Å²) >= 11 is 0. The van der Waals surface area contributed by atoms with E-state index in [1.54, 1.807) is 0 Å². The summed E-state index contributed by atoms with van der Waals surface area (Å²) in [7, 11) is 0. The van der Waals surface area contributed by atoms with Gasteiger partial charge < -0.3 is 15.1 Å². The molecule has 1 atom stereocenters. The van der Waals surface area contributed by atoms with E-state index >= 15 is 0 Å². The number of rotatable bonds is 5. The van der Waals surface area contributed by atoms with Gasteiger partial charge in [-0.05, 0) is 72.4 Å². The number of fused-ring (bicyclic) bond motifs is 1. The van der Waals surface area contributed by atoms with E-state index in [0.29, 0.717) is 0 Å². The molecule has 7 heteroatoms. The lowest BCUT2D eigenvalue weighted by atomic mass is 9.97. The minimum Gasteiger partial charge on any atom is -0.382 e. The number of likely N-dealkylation sites (tertiary alicyclic amines) is 1. The van der Waals surface area contributed by atoms with Crippen LogP contribution in [0.5, 0.6) is 0 Å². The summed E-state index contributed by atoms with van der Waals surface area (Å²) < 4.78 is 2.01. The maximum atomic E-state index is 13.9. The lowest BCUT2D eigenvalue weighted by Gasteiger charge is -2.35. The molecule has 34 heavy (non-hydrogen) atoms. The molecular formula is C27H36N6O. The number of hydrogen-bond acceptors (Lipinski definition) is 5. The molecule has 4 heterocycles. The number of hydrogen-bond donors (Lipinski definition) is 1. The summed E-state index contributed by atoms with van der Waals surface area (Å²) in [6, 6.07) is 8.41. The van der Waals surface area contributed by atoms with Gasteiger partial charge in [0.1, 0.15) is 5.82 Å². The Hall–Kier alpha value is -3.09. The van der Waals surface area contributed by atoms with Gasteiger partial charge in [-0.25, -0.2) is 4.98 Å². The fraction of sp³-hybridized carbons (Fsp3) is 0.519. The van der Waals surface area contributed by atoms with Gasteiger partial charge in [0.15, 0.2) is 5.65 Å². The molecular weight excluding hydrogens is 424 g/mol. The summed E-state index contributed by atoms with van der Waals surface area (Å²) in [4.78, 5) is 23.2. The topological polar surface area (TPSA) is 65.8 Å².